The minimum atomic E-state index is -0.442. The molecule has 0 bridgehead atoms. The highest BCUT2D eigenvalue weighted by Crippen LogP contribution is 2.41. The number of carbonyl (C=O) groups is 1. The summed E-state index contributed by atoms with van der Waals surface area (Å²) >= 11 is 0. The van der Waals surface area contributed by atoms with Crippen LogP contribution in [0.15, 0.2) is 18.2 Å². The number of methoxy groups -OCH3 is 1. The Morgan fingerprint density at radius 1 is 1.25 bits per heavy atom. The molecule has 2 aliphatic heterocycles. The highest BCUT2D eigenvalue weighted by Gasteiger charge is 2.49. The Hall–Kier alpha value is -2.31. The molecule has 0 radical (unpaired) electrons. The summed E-state index contributed by atoms with van der Waals surface area (Å²) in [6.45, 7) is 5.66. The van der Waals surface area contributed by atoms with Crippen molar-refractivity contribution < 1.29 is 14.5 Å². The summed E-state index contributed by atoms with van der Waals surface area (Å²) in [6.07, 6.45) is 2.49. The lowest BCUT2D eigenvalue weighted by molar-refractivity contribution is -0.385. The number of piperidine rings is 1. The number of nitro benzene ring substituents is 1. The molecule has 7 nitrogen and oxygen atoms in total. The zero-order chi connectivity index (χ0) is 17.9. The van der Waals surface area contributed by atoms with Crippen LogP contribution in [-0.2, 0) is 4.79 Å². The molecule has 132 valence electrons. The molecule has 7 heteroatoms. The molecule has 0 aliphatic carbocycles. The SMILES string of the molecule is CC.COc1cc(N2CCC3(CC2)CC(=O)N3C)ccc1[N+](=O)[O-]. The van der Waals surface area contributed by atoms with Crippen LogP contribution >= 0.6 is 0 Å². The standard InChI is InChI=1S/C15H19N3O4.C2H6/c1-16-14(19)10-15(16)5-7-17(8-6-15)11-3-4-12(18(20)21)13(9-11)22-2;1-2/h3-4,9H,5-8,10H2,1-2H3;1-2H3. The molecular formula is C17H25N3O4. The molecule has 2 saturated heterocycles. The van der Waals surface area contributed by atoms with Crippen molar-refractivity contribution >= 4 is 17.3 Å². The topological polar surface area (TPSA) is 75.9 Å². The Morgan fingerprint density at radius 2 is 1.88 bits per heavy atom. The van der Waals surface area contributed by atoms with Crippen molar-refractivity contribution in [3.63, 3.8) is 0 Å². The van der Waals surface area contributed by atoms with Crippen molar-refractivity contribution in [1.29, 1.82) is 0 Å². The van der Waals surface area contributed by atoms with Gasteiger partial charge >= 0.3 is 5.69 Å². The fourth-order valence-corrected chi connectivity index (χ4v) is 3.40. The first-order valence-corrected chi connectivity index (χ1v) is 8.31. The van der Waals surface area contributed by atoms with Crippen LogP contribution in [0.3, 0.4) is 0 Å². The molecule has 0 N–H and O–H groups in total. The second-order valence-electron chi connectivity index (χ2n) is 5.95. The van der Waals surface area contributed by atoms with E-state index in [0.717, 1.165) is 31.6 Å². The highest BCUT2D eigenvalue weighted by molar-refractivity contribution is 5.84. The molecule has 2 aliphatic rings. The van der Waals surface area contributed by atoms with E-state index in [1.807, 2.05) is 25.8 Å². The number of benzene rings is 1. The van der Waals surface area contributed by atoms with Gasteiger partial charge in [0.25, 0.3) is 0 Å². The number of hydrogen-bond donors (Lipinski definition) is 0. The largest absolute Gasteiger partial charge is 0.490 e. The van der Waals surface area contributed by atoms with Crippen LogP contribution in [0.25, 0.3) is 0 Å². The fraction of sp³-hybridized carbons (Fsp3) is 0.588. The summed E-state index contributed by atoms with van der Waals surface area (Å²) in [5, 5.41) is 10.9. The van der Waals surface area contributed by atoms with Gasteiger partial charge in [0, 0.05) is 38.0 Å². The first-order chi connectivity index (χ1) is 11.5. The molecule has 3 rings (SSSR count). The Balaban J connectivity index is 0.00000100. The van der Waals surface area contributed by atoms with Crippen LogP contribution in [-0.4, -0.2) is 48.5 Å². The zero-order valence-electron chi connectivity index (χ0n) is 14.7. The van der Waals surface area contributed by atoms with Crippen LogP contribution in [0.5, 0.6) is 5.75 Å². The summed E-state index contributed by atoms with van der Waals surface area (Å²) in [5.74, 6) is 0.490. The van der Waals surface area contributed by atoms with Gasteiger partial charge in [-0.25, -0.2) is 0 Å². The first kappa shape index (κ1) is 18.0. The first-order valence-electron chi connectivity index (χ1n) is 8.31. The summed E-state index contributed by atoms with van der Waals surface area (Å²) in [6, 6.07) is 4.96. The molecule has 1 aromatic rings. The van der Waals surface area contributed by atoms with E-state index in [1.54, 1.807) is 12.1 Å². The van der Waals surface area contributed by atoms with Crippen LogP contribution in [0.1, 0.15) is 33.1 Å². The Labute approximate surface area is 142 Å². The number of nitrogens with zero attached hydrogens (tertiary/aromatic N) is 3. The van der Waals surface area contributed by atoms with E-state index < -0.39 is 4.92 Å². The Bertz CT molecular complexity index is 624. The van der Waals surface area contributed by atoms with Gasteiger partial charge in [0.2, 0.25) is 5.91 Å². The minimum Gasteiger partial charge on any atom is -0.490 e. The average molecular weight is 335 g/mol. The summed E-state index contributed by atoms with van der Waals surface area (Å²) < 4.78 is 5.12. The molecule has 1 aromatic carbocycles. The summed E-state index contributed by atoms with van der Waals surface area (Å²) in [4.78, 5) is 26.0. The van der Waals surface area contributed by atoms with E-state index in [1.165, 1.54) is 13.2 Å². The third kappa shape index (κ3) is 3.02. The van der Waals surface area contributed by atoms with Gasteiger partial charge in [-0.2, -0.15) is 0 Å². The average Bonchev–Trinajstić information content (AvgIpc) is 2.63. The van der Waals surface area contributed by atoms with Crippen molar-refractivity contribution in [2.45, 2.75) is 38.6 Å². The molecule has 0 atom stereocenters. The van der Waals surface area contributed by atoms with E-state index in [-0.39, 0.29) is 22.9 Å². The summed E-state index contributed by atoms with van der Waals surface area (Å²) in [5.41, 5.74) is 0.924. The van der Waals surface area contributed by atoms with Crippen LogP contribution in [0.2, 0.25) is 0 Å². The molecule has 1 amide bonds. The van der Waals surface area contributed by atoms with Gasteiger partial charge < -0.3 is 14.5 Å². The van der Waals surface area contributed by atoms with E-state index in [4.69, 9.17) is 4.74 Å². The lowest BCUT2D eigenvalue weighted by Crippen LogP contribution is -2.65. The number of amides is 1. The fourth-order valence-electron chi connectivity index (χ4n) is 3.40. The van der Waals surface area contributed by atoms with Crippen LogP contribution in [0, 0.1) is 10.1 Å². The molecule has 0 aromatic heterocycles. The van der Waals surface area contributed by atoms with Crippen molar-refractivity contribution in [3.05, 3.63) is 28.3 Å². The van der Waals surface area contributed by atoms with Crippen molar-refractivity contribution in [2.75, 3.05) is 32.1 Å². The normalized spacial score (nSPS) is 18.6. The molecular weight excluding hydrogens is 310 g/mol. The van der Waals surface area contributed by atoms with E-state index in [0.29, 0.717) is 6.42 Å². The maximum Gasteiger partial charge on any atom is 0.311 e. The number of likely N-dealkylation sites (tertiary alicyclic amines) is 1. The lowest BCUT2D eigenvalue weighted by atomic mass is 9.76. The van der Waals surface area contributed by atoms with Gasteiger partial charge in [0.15, 0.2) is 5.75 Å². The van der Waals surface area contributed by atoms with Gasteiger partial charge in [0.05, 0.1) is 24.0 Å². The van der Waals surface area contributed by atoms with Crippen molar-refractivity contribution in [3.8, 4) is 5.75 Å². The van der Waals surface area contributed by atoms with E-state index in [9.17, 15) is 14.9 Å². The second-order valence-corrected chi connectivity index (χ2v) is 5.95. The van der Waals surface area contributed by atoms with E-state index >= 15 is 0 Å². The number of β-lactam (4-membered cyclic amide) rings is 1. The van der Waals surface area contributed by atoms with Gasteiger partial charge in [-0.05, 0) is 18.9 Å². The lowest BCUT2D eigenvalue weighted by Gasteiger charge is -2.54. The second kappa shape index (κ2) is 7.07. The number of nitro groups is 1. The molecule has 24 heavy (non-hydrogen) atoms. The number of hydrogen-bond acceptors (Lipinski definition) is 5. The maximum absolute atomic E-state index is 11.5. The molecule has 1 spiro atoms. The van der Waals surface area contributed by atoms with Gasteiger partial charge in [0.1, 0.15) is 0 Å². The van der Waals surface area contributed by atoms with Gasteiger partial charge in [-0.1, -0.05) is 13.8 Å². The predicted molar refractivity (Wildman–Crippen MR) is 92.6 cm³/mol. The molecule has 0 saturated carbocycles. The monoisotopic (exact) mass is 335 g/mol. The van der Waals surface area contributed by atoms with Crippen LogP contribution in [0.4, 0.5) is 11.4 Å². The molecule has 0 unspecified atom stereocenters. The number of carbonyl (C=O) groups excluding carboxylic acids is 1. The number of anilines is 1. The van der Waals surface area contributed by atoms with Crippen LogP contribution < -0.4 is 9.64 Å². The maximum atomic E-state index is 11.5. The van der Waals surface area contributed by atoms with Gasteiger partial charge in [-0.15, -0.1) is 0 Å². The van der Waals surface area contributed by atoms with E-state index in [2.05, 4.69) is 4.90 Å². The third-order valence-corrected chi connectivity index (χ3v) is 4.99. The highest BCUT2D eigenvalue weighted by atomic mass is 16.6. The smallest absolute Gasteiger partial charge is 0.311 e. The quantitative estimate of drug-likeness (QED) is 0.482. The zero-order valence-corrected chi connectivity index (χ0v) is 14.7. The minimum absolute atomic E-state index is 0.0240. The number of rotatable bonds is 3. The summed E-state index contributed by atoms with van der Waals surface area (Å²) in [7, 11) is 3.31. The predicted octanol–water partition coefficient (Wildman–Crippen LogP) is 2.83. The number of ether oxygens (including phenoxy) is 1. The van der Waals surface area contributed by atoms with Gasteiger partial charge in [-0.3, -0.25) is 14.9 Å². The Morgan fingerprint density at radius 3 is 2.33 bits per heavy atom. The Kier molecular flexibility index (Phi) is 5.31. The van der Waals surface area contributed by atoms with Crippen molar-refractivity contribution in [1.82, 2.24) is 4.90 Å². The molecule has 2 heterocycles. The third-order valence-electron chi connectivity index (χ3n) is 4.99. The van der Waals surface area contributed by atoms with Crippen molar-refractivity contribution in [2.24, 2.45) is 0 Å². The molecule has 2 fully saturated rings.